The molecule has 1 aromatic heterocycles. The van der Waals surface area contributed by atoms with Crippen LogP contribution in [0.3, 0.4) is 0 Å². The predicted octanol–water partition coefficient (Wildman–Crippen LogP) is 0.225. The number of aromatic nitrogens is 1. The van der Waals surface area contributed by atoms with Crippen LogP contribution in [0.15, 0.2) is 18.3 Å². The maximum absolute atomic E-state index is 12.8. The summed E-state index contributed by atoms with van der Waals surface area (Å²) in [5, 5.41) is 22.0. The summed E-state index contributed by atoms with van der Waals surface area (Å²) in [4.78, 5) is 3.80. The number of aliphatic hydroxyl groups excluding tert-OH is 2. The molecule has 0 aliphatic carbocycles. The molecule has 2 unspecified atom stereocenters. The molecular weight excluding hydrogens is 199 g/mol. The molecule has 1 rings (SSSR count). The van der Waals surface area contributed by atoms with Crippen LogP contribution in [0.25, 0.3) is 0 Å². The second-order valence-corrected chi connectivity index (χ2v) is 3.30. The predicted molar refractivity (Wildman–Crippen MR) is 53.7 cm³/mol. The molecule has 4 nitrogen and oxygen atoms in total. The fourth-order valence-corrected chi connectivity index (χ4v) is 1.23. The van der Waals surface area contributed by atoms with Gasteiger partial charge in [0.15, 0.2) is 0 Å². The standard InChI is InChI=1S/C10H15FN2O2/c1-12-4-3-9(14)10(15)8-6-7(11)2-5-13-8/h2,5-6,9-10,12,14-15H,3-4H2,1H3. The van der Waals surface area contributed by atoms with Crippen molar-refractivity contribution in [3.63, 3.8) is 0 Å². The minimum absolute atomic E-state index is 0.151. The summed E-state index contributed by atoms with van der Waals surface area (Å²) in [5.41, 5.74) is 0.151. The van der Waals surface area contributed by atoms with Gasteiger partial charge in [-0.2, -0.15) is 0 Å². The maximum Gasteiger partial charge on any atom is 0.126 e. The van der Waals surface area contributed by atoms with Gasteiger partial charge >= 0.3 is 0 Å². The number of pyridine rings is 1. The topological polar surface area (TPSA) is 65.4 Å². The molecule has 0 saturated carbocycles. The quantitative estimate of drug-likeness (QED) is 0.656. The SMILES string of the molecule is CNCCC(O)C(O)c1cc(F)ccn1. The van der Waals surface area contributed by atoms with Crippen molar-refractivity contribution < 1.29 is 14.6 Å². The van der Waals surface area contributed by atoms with Crippen molar-refractivity contribution in [3.8, 4) is 0 Å². The summed E-state index contributed by atoms with van der Waals surface area (Å²) in [6.07, 6.45) is -0.435. The summed E-state index contributed by atoms with van der Waals surface area (Å²) < 4.78 is 12.8. The van der Waals surface area contributed by atoms with Crippen LogP contribution in [0.2, 0.25) is 0 Å². The van der Waals surface area contributed by atoms with E-state index in [0.29, 0.717) is 13.0 Å². The highest BCUT2D eigenvalue weighted by Gasteiger charge is 2.19. The van der Waals surface area contributed by atoms with Crippen LogP contribution in [0.4, 0.5) is 4.39 Å². The van der Waals surface area contributed by atoms with Crippen LogP contribution >= 0.6 is 0 Å². The molecule has 0 aromatic carbocycles. The second-order valence-electron chi connectivity index (χ2n) is 3.30. The lowest BCUT2D eigenvalue weighted by Crippen LogP contribution is -2.24. The van der Waals surface area contributed by atoms with Crippen LogP contribution in [-0.4, -0.2) is 34.9 Å². The lowest BCUT2D eigenvalue weighted by molar-refractivity contribution is 0.0113. The van der Waals surface area contributed by atoms with Crippen molar-refractivity contribution in [3.05, 3.63) is 29.8 Å². The van der Waals surface area contributed by atoms with E-state index in [-0.39, 0.29) is 5.69 Å². The zero-order valence-corrected chi connectivity index (χ0v) is 8.52. The molecule has 5 heteroatoms. The van der Waals surface area contributed by atoms with Gasteiger partial charge in [0.25, 0.3) is 0 Å². The number of halogens is 1. The molecule has 3 N–H and O–H groups in total. The Balaban J connectivity index is 2.62. The Morgan fingerprint density at radius 1 is 1.53 bits per heavy atom. The van der Waals surface area contributed by atoms with Gasteiger partial charge in [0.1, 0.15) is 11.9 Å². The van der Waals surface area contributed by atoms with Crippen molar-refractivity contribution in [2.24, 2.45) is 0 Å². The number of aliphatic hydroxyl groups is 2. The Morgan fingerprint density at radius 3 is 2.87 bits per heavy atom. The zero-order valence-electron chi connectivity index (χ0n) is 8.52. The largest absolute Gasteiger partial charge is 0.390 e. The average Bonchev–Trinajstić information content (AvgIpc) is 2.24. The molecular formula is C10H15FN2O2. The second kappa shape index (κ2) is 5.75. The molecule has 1 heterocycles. The maximum atomic E-state index is 12.8. The Morgan fingerprint density at radius 2 is 2.27 bits per heavy atom. The van der Waals surface area contributed by atoms with E-state index in [1.54, 1.807) is 7.05 Å². The molecule has 0 aliphatic heterocycles. The first kappa shape index (κ1) is 12.0. The summed E-state index contributed by atoms with van der Waals surface area (Å²) >= 11 is 0. The summed E-state index contributed by atoms with van der Waals surface area (Å²) in [6, 6.07) is 2.31. The third kappa shape index (κ3) is 3.54. The summed E-state index contributed by atoms with van der Waals surface area (Å²) in [7, 11) is 1.75. The fraction of sp³-hybridized carbons (Fsp3) is 0.500. The number of nitrogens with one attached hydrogen (secondary N) is 1. The van der Waals surface area contributed by atoms with Crippen LogP contribution in [-0.2, 0) is 0 Å². The molecule has 0 saturated heterocycles. The zero-order chi connectivity index (χ0) is 11.3. The van der Waals surface area contributed by atoms with Gasteiger partial charge in [0, 0.05) is 6.20 Å². The van der Waals surface area contributed by atoms with E-state index in [9.17, 15) is 14.6 Å². The van der Waals surface area contributed by atoms with E-state index in [1.165, 1.54) is 12.3 Å². The summed E-state index contributed by atoms with van der Waals surface area (Å²) in [6.45, 7) is 0.577. The third-order valence-electron chi connectivity index (χ3n) is 2.10. The first-order valence-electron chi connectivity index (χ1n) is 4.77. The molecule has 1 aromatic rings. The molecule has 0 spiro atoms. The van der Waals surface area contributed by atoms with Gasteiger partial charge in [0.2, 0.25) is 0 Å². The Kier molecular flexibility index (Phi) is 4.61. The minimum atomic E-state index is -1.14. The van der Waals surface area contributed by atoms with E-state index in [1.807, 2.05) is 0 Å². The number of hydrogen-bond donors (Lipinski definition) is 3. The number of nitrogens with zero attached hydrogens (tertiary/aromatic N) is 1. The Labute approximate surface area is 87.8 Å². The van der Waals surface area contributed by atoms with Crippen molar-refractivity contribution in [1.29, 1.82) is 0 Å². The Hall–Kier alpha value is -1.04. The molecule has 0 amide bonds. The minimum Gasteiger partial charge on any atom is -0.390 e. The van der Waals surface area contributed by atoms with Crippen molar-refractivity contribution in [1.82, 2.24) is 10.3 Å². The Bertz CT molecular complexity index is 309. The summed E-state index contributed by atoms with van der Waals surface area (Å²) in [5.74, 6) is -0.472. The van der Waals surface area contributed by atoms with Gasteiger partial charge in [-0.15, -0.1) is 0 Å². The van der Waals surface area contributed by atoms with Crippen molar-refractivity contribution in [2.75, 3.05) is 13.6 Å². The van der Waals surface area contributed by atoms with E-state index < -0.39 is 18.0 Å². The van der Waals surface area contributed by atoms with Gasteiger partial charge in [-0.25, -0.2) is 4.39 Å². The first-order valence-corrected chi connectivity index (χ1v) is 4.77. The van der Waals surface area contributed by atoms with Crippen LogP contribution < -0.4 is 5.32 Å². The van der Waals surface area contributed by atoms with E-state index in [2.05, 4.69) is 10.3 Å². The molecule has 84 valence electrons. The van der Waals surface area contributed by atoms with Gasteiger partial charge in [0.05, 0.1) is 11.8 Å². The third-order valence-corrected chi connectivity index (χ3v) is 2.10. The van der Waals surface area contributed by atoms with Crippen molar-refractivity contribution >= 4 is 0 Å². The van der Waals surface area contributed by atoms with E-state index in [0.717, 1.165) is 6.07 Å². The smallest absolute Gasteiger partial charge is 0.126 e. The fourth-order valence-electron chi connectivity index (χ4n) is 1.23. The normalized spacial score (nSPS) is 14.9. The van der Waals surface area contributed by atoms with E-state index in [4.69, 9.17) is 0 Å². The van der Waals surface area contributed by atoms with Crippen LogP contribution in [0.5, 0.6) is 0 Å². The number of hydrogen-bond acceptors (Lipinski definition) is 4. The lowest BCUT2D eigenvalue weighted by atomic mass is 10.1. The van der Waals surface area contributed by atoms with Gasteiger partial charge in [-0.3, -0.25) is 4.98 Å². The lowest BCUT2D eigenvalue weighted by Gasteiger charge is -2.16. The highest BCUT2D eigenvalue weighted by molar-refractivity contribution is 5.09. The molecule has 0 radical (unpaired) electrons. The average molecular weight is 214 g/mol. The molecule has 0 aliphatic rings. The molecule has 15 heavy (non-hydrogen) atoms. The van der Waals surface area contributed by atoms with Crippen LogP contribution in [0.1, 0.15) is 18.2 Å². The van der Waals surface area contributed by atoms with Gasteiger partial charge < -0.3 is 15.5 Å². The van der Waals surface area contributed by atoms with E-state index >= 15 is 0 Å². The molecule has 0 fully saturated rings. The van der Waals surface area contributed by atoms with Gasteiger partial charge in [-0.05, 0) is 32.1 Å². The molecule has 2 atom stereocenters. The van der Waals surface area contributed by atoms with Gasteiger partial charge in [-0.1, -0.05) is 0 Å². The molecule has 0 bridgehead atoms. The highest BCUT2D eigenvalue weighted by Crippen LogP contribution is 2.16. The highest BCUT2D eigenvalue weighted by atomic mass is 19.1. The first-order chi connectivity index (χ1) is 7.15. The van der Waals surface area contributed by atoms with Crippen LogP contribution in [0, 0.1) is 5.82 Å². The number of rotatable bonds is 5. The van der Waals surface area contributed by atoms with Crippen molar-refractivity contribution in [2.45, 2.75) is 18.6 Å². The monoisotopic (exact) mass is 214 g/mol.